The smallest absolute Gasteiger partial charge is 0.226 e. The van der Waals surface area contributed by atoms with Gasteiger partial charge in [0.15, 0.2) is 5.58 Å². The zero-order chi connectivity index (χ0) is 12.8. The van der Waals surface area contributed by atoms with Gasteiger partial charge in [-0.1, -0.05) is 33.2 Å². The van der Waals surface area contributed by atoms with E-state index >= 15 is 0 Å². The van der Waals surface area contributed by atoms with Gasteiger partial charge in [-0.15, -0.1) is 0 Å². The van der Waals surface area contributed by atoms with E-state index < -0.39 is 0 Å². The number of hydrogen-bond acceptors (Lipinski definition) is 3. The van der Waals surface area contributed by atoms with Crippen LogP contribution in [0, 0.1) is 0 Å². The summed E-state index contributed by atoms with van der Waals surface area (Å²) in [5.74, 6) is -0.0105. The molecular formula is C13H15BrN2O2. The molecule has 0 unspecified atom stereocenters. The molecule has 2 rings (SSSR count). The molecule has 0 spiro atoms. The van der Waals surface area contributed by atoms with Gasteiger partial charge in [0, 0.05) is 17.3 Å². The maximum atomic E-state index is 11.7. The Bertz CT molecular complexity index is 524. The van der Waals surface area contributed by atoms with Crippen LogP contribution in [0.3, 0.4) is 0 Å². The Morgan fingerprint density at radius 3 is 3.00 bits per heavy atom. The topological polar surface area (TPSA) is 55.1 Å². The summed E-state index contributed by atoms with van der Waals surface area (Å²) in [5.41, 5.74) is 1.42. The number of para-hydroxylation sites is 1. The lowest BCUT2D eigenvalue weighted by molar-refractivity contribution is -0.120. The van der Waals surface area contributed by atoms with Gasteiger partial charge in [0.1, 0.15) is 5.69 Å². The van der Waals surface area contributed by atoms with Crippen LogP contribution < -0.4 is 5.32 Å². The Morgan fingerprint density at radius 2 is 2.17 bits per heavy atom. The molecule has 5 heteroatoms. The van der Waals surface area contributed by atoms with Crippen molar-refractivity contribution in [3.8, 4) is 0 Å². The summed E-state index contributed by atoms with van der Waals surface area (Å²) in [6, 6.07) is 7.56. The zero-order valence-electron chi connectivity index (χ0n) is 9.99. The maximum Gasteiger partial charge on any atom is 0.226 e. The first-order valence-electron chi connectivity index (χ1n) is 5.97. The molecule has 4 nitrogen and oxygen atoms in total. The molecule has 2 aromatic rings. The lowest BCUT2D eigenvalue weighted by atomic mass is 10.1. The second-order valence-corrected chi connectivity index (χ2v) is 4.84. The first kappa shape index (κ1) is 13.1. The summed E-state index contributed by atoms with van der Waals surface area (Å²) in [5, 5.41) is 8.69. The monoisotopic (exact) mass is 310 g/mol. The van der Waals surface area contributed by atoms with Gasteiger partial charge in [0.2, 0.25) is 5.91 Å². The molecule has 0 aliphatic heterocycles. The number of hydrogen-bond donors (Lipinski definition) is 1. The summed E-state index contributed by atoms with van der Waals surface area (Å²) in [6.45, 7) is 0.709. The van der Waals surface area contributed by atoms with E-state index in [0.717, 1.165) is 29.1 Å². The van der Waals surface area contributed by atoms with Crippen molar-refractivity contribution in [2.45, 2.75) is 19.3 Å². The van der Waals surface area contributed by atoms with Crippen molar-refractivity contribution < 1.29 is 9.32 Å². The number of alkyl halides is 1. The summed E-state index contributed by atoms with van der Waals surface area (Å²) in [7, 11) is 0. The second-order valence-electron chi connectivity index (χ2n) is 4.05. The zero-order valence-corrected chi connectivity index (χ0v) is 11.6. The van der Waals surface area contributed by atoms with Crippen LogP contribution in [-0.2, 0) is 11.2 Å². The Labute approximate surface area is 114 Å². The van der Waals surface area contributed by atoms with E-state index in [0.29, 0.717) is 12.2 Å². The Morgan fingerprint density at radius 1 is 1.33 bits per heavy atom. The molecule has 0 saturated carbocycles. The standard InChI is InChI=1S/C13H15BrN2O2/c14-7-3-4-8-15-13(17)9-11-10-5-1-2-6-12(10)18-16-11/h1-2,5-6H,3-4,7-9H2,(H,15,17). The van der Waals surface area contributed by atoms with E-state index in [2.05, 4.69) is 26.4 Å². The average Bonchev–Trinajstić information content (AvgIpc) is 2.78. The van der Waals surface area contributed by atoms with Gasteiger partial charge in [-0.3, -0.25) is 4.79 Å². The number of rotatable bonds is 6. The number of nitrogens with one attached hydrogen (secondary N) is 1. The molecule has 1 amide bonds. The van der Waals surface area contributed by atoms with Crippen LogP contribution >= 0.6 is 15.9 Å². The highest BCUT2D eigenvalue weighted by atomic mass is 79.9. The van der Waals surface area contributed by atoms with Gasteiger partial charge in [-0.2, -0.15) is 0 Å². The quantitative estimate of drug-likeness (QED) is 0.659. The van der Waals surface area contributed by atoms with Gasteiger partial charge < -0.3 is 9.84 Å². The number of unbranched alkanes of at least 4 members (excludes halogenated alkanes) is 1. The number of carbonyl (C=O) groups is 1. The molecule has 0 atom stereocenters. The van der Waals surface area contributed by atoms with E-state index in [1.54, 1.807) is 0 Å². The fourth-order valence-corrected chi connectivity index (χ4v) is 2.12. The summed E-state index contributed by atoms with van der Waals surface area (Å²) in [4.78, 5) is 11.7. The predicted molar refractivity (Wildman–Crippen MR) is 73.8 cm³/mol. The van der Waals surface area contributed by atoms with Crippen LogP contribution in [0.1, 0.15) is 18.5 Å². The molecule has 96 valence electrons. The van der Waals surface area contributed by atoms with Crippen LogP contribution in [0.25, 0.3) is 11.0 Å². The summed E-state index contributed by atoms with van der Waals surface area (Å²) >= 11 is 3.36. The maximum absolute atomic E-state index is 11.7. The fraction of sp³-hybridized carbons (Fsp3) is 0.385. The van der Waals surface area contributed by atoms with Crippen molar-refractivity contribution in [1.82, 2.24) is 10.5 Å². The molecule has 0 bridgehead atoms. The van der Waals surface area contributed by atoms with E-state index in [4.69, 9.17) is 4.52 Å². The number of carbonyl (C=O) groups excluding carboxylic acids is 1. The van der Waals surface area contributed by atoms with Crippen LogP contribution in [0.5, 0.6) is 0 Å². The van der Waals surface area contributed by atoms with Crippen LogP contribution in [-0.4, -0.2) is 22.9 Å². The van der Waals surface area contributed by atoms with Crippen molar-refractivity contribution in [2.75, 3.05) is 11.9 Å². The number of halogens is 1. The van der Waals surface area contributed by atoms with Crippen LogP contribution in [0.15, 0.2) is 28.8 Å². The van der Waals surface area contributed by atoms with E-state index in [9.17, 15) is 4.79 Å². The van der Waals surface area contributed by atoms with Gasteiger partial charge in [0.25, 0.3) is 0 Å². The second kappa shape index (κ2) is 6.54. The molecule has 1 N–H and O–H groups in total. The van der Waals surface area contributed by atoms with Crippen molar-refractivity contribution in [2.24, 2.45) is 0 Å². The lowest BCUT2D eigenvalue weighted by Gasteiger charge is -2.02. The predicted octanol–water partition coefficient (Wildman–Crippen LogP) is 2.66. The van der Waals surface area contributed by atoms with Crippen molar-refractivity contribution >= 4 is 32.8 Å². The van der Waals surface area contributed by atoms with E-state index in [1.807, 2.05) is 24.3 Å². The number of aromatic nitrogens is 1. The molecule has 0 radical (unpaired) electrons. The molecule has 1 aromatic carbocycles. The average molecular weight is 311 g/mol. The largest absolute Gasteiger partial charge is 0.356 e. The number of fused-ring (bicyclic) bond motifs is 1. The summed E-state index contributed by atoms with van der Waals surface area (Å²) < 4.78 is 5.16. The first-order valence-corrected chi connectivity index (χ1v) is 7.09. The van der Waals surface area contributed by atoms with Gasteiger partial charge in [0.05, 0.1) is 6.42 Å². The summed E-state index contributed by atoms with van der Waals surface area (Å²) in [6.07, 6.45) is 2.31. The van der Waals surface area contributed by atoms with E-state index in [1.165, 1.54) is 0 Å². The normalized spacial score (nSPS) is 10.7. The number of amides is 1. The van der Waals surface area contributed by atoms with Crippen LogP contribution in [0.2, 0.25) is 0 Å². The van der Waals surface area contributed by atoms with Crippen molar-refractivity contribution in [3.63, 3.8) is 0 Å². The molecular weight excluding hydrogens is 296 g/mol. The molecule has 0 fully saturated rings. The van der Waals surface area contributed by atoms with Gasteiger partial charge >= 0.3 is 0 Å². The number of nitrogens with zero attached hydrogens (tertiary/aromatic N) is 1. The Balaban J connectivity index is 1.91. The molecule has 18 heavy (non-hydrogen) atoms. The van der Waals surface area contributed by atoms with Crippen LogP contribution in [0.4, 0.5) is 0 Å². The highest BCUT2D eigenvalue weighted by Crippen LogP contribution is 2.17. The molecule has 1 aromatic heterocycles. The fourth-order valence-electron chi connectivity index (χ4n) is 1.73. The van der Waals surface area contributed by atoms with E-state index in [-0.39, 0.29) is 12.3 Å². The third-order valence-electron chi connectivity index (χ3n) is 2.66. The highest BCUT2D eigenvalue weighted by Gasteiger charge is 2.11. The Hall–Kier alpha value is -1.36. The highest BCUT2D eigenvalue weighted by molar-refractivity contribution is 9.09. The Kier molecular flexibility index (Phi) is 4.75. The van der Waals surface area contributed by atoms with Crippen molar-refractivity contribution in [3.05, 3.63) is 30.0 Å². The molecule has 0 aliphatic carbocycles. The molecule has 0 saturated heterocycles. The minimum atomic E-state index is -0.0105. The molecule has 0 aliphatic rings. The van der Waals surface area contributed by atoms with Crippen molar-refractivity contribution in [1.29, 1.82) is 0 Å². The van der Waals surface area contributed by atoms with Gasteiger partial charge in [-0.25, -0.2) is 0 Å². The first-order chi connectivity index (χ1) is 8.81. The number of benzene rings is 1. The third kappa shape index (κ3) is 3.32. The third-order valence-corrected chi connectivity index (χ3v) is 3.22. The minimum absolute atomic E-state index is 0.0105. The SMILES string of the molecule is O=C(Cc1noc2ccccc12)NCCCCBr. The lowest BCUT2D eigenvalue weighted by Crippen LogP contribution is -2.26. The minimum Gasteiger partial charge on any atom is -0.356 e. The van der Waals surface area contributed by atoms with Gasteiger partial charge in [-0.05, 0) is 25.0 Å². The molecule has 1 heterocycles.